The summed E-state index contributed by atoms with van der Waals surface area (Å²) >= 11 is 0. The Balaban J connectivity index is 4.50. The normalized spacial score (nSPS) is 15.2. The van der Waals surface area contributed by atoms with E-state index in [2.05, 4.69) is 6.92 Å². The van der Waals surface area contributed by atoms with Gasteiger partial charge < -0.3 is 20.6 Å². The van der Waals surface area contributed by atoms with Crippen molar-refractivity contribution >= 4 is 13.6 Å². The van der Waals surface area contributed by atoms with Crippen molar-refractivity contribution in [2.75, 3.05) is 6.54 Å². The summed E-state index contributed by atoms with van der Waals surface area (Å²) in [7, 11) is -4.42. The van der Waals surface area contributed by atoms with E-state index >= 15 is 0 Å². The molecule has 0 heterocycles. The summed E-state index contributed by atoms with van der Waals surface area (Å²) in [6, 6.07) is 0. The van der Waals surface area contributed by atoms with Crippen LogP contribution in [0.5, 0.6) is 0 Å². The Morgan fingerprint density at radius 3 is 2.16 bits per heavy atom. The first-order valence-electron chi connectivity index (χ1n) is 6.82. The highest BCUT2D eigenvalue weighted by Gasteiger charge is 2.39. The van der Waals surface area contributed by atoms with Crippen LogP contribution in [-0.2, 0) is 9.36 Å². The van der Waals surface area contributed by atoms with Gasteiger partial charge >= 0.3 is 13.6 Å². The second-order valence-corrected chi connectivity index (χ2v) is 6.72. The molecule has 0 aliphatic rings. The maximum absolute atomic E-state index is 11.4. The summed E-state index contributed by atoms with van der Waals surface area (Å²) in [6.45, 7) is 2.17. The molecule has 0 fully saturated rings. The maximum atomic E-state index is 11.4. The smallest absolute Gasteiger partial charge is 0.329 e. The van der Waals surface area contributed by atoms with E-state index in [0.717, 1.165) is 25.7 Å². The van der Waals surface area contributed by atoms with Gasteiger partial charge in [-0.3, -0.25) is 9.36 Å². The van der Waals surface area contributed by atoms with Crippen LogP contribution in [0.2, 0.25) is 0 Å². The second-order valence-electron chi connectivity index (χ2n) is 4.88. The Kier molecular flexibility index (Phi) is 9.27. The third-order valence-electron chi connectivity index (χ3n) is 3.29. The third kappa shape index (κ3) is 7.67. The van der Waals surface area contributed by atoms with Gasteiger partial charge in [0, 0.05) is 0 Å². The monoisotopic (exact) mass is 295 g/mol. The Labute approximate surface area is 114 Å². The lowest BCUT2D eigenvalue weighted by molar-refractivity contribution is -0.142. The van der Waals surface area contributed by atoms with Crippen molar-refractivity contribution in [2.45, 2.75) is 57.5 Å². The summed E-state index contributed by atoms with van der Waals surface area (Å²) in [6.07, 6.45) is 5.14. The molecule has 0 aromatic carbocycles. The van der Waals surface area contributed by atoms with Crippen molar-refractivity contribution in [2.24, 2.45) is 11.7 Å². The lowest BCUT2D eigenvalue weighted by Gasteiger charge is -2.24. The minimum atomic E-state index is -4.42. The van der Waals surface area contributed by atoms with E-state index in [1.807, 2.05) is 0 Å². The number of unbranched alkanes of at least 4 members (excludes halogenated alkanes) is 4. The van der Waals surface area contributed by atoms with Crippen LogP contribution >= 0.6 is 7.60 Å². The van der Waals surface area contributed by atoms with Crippen LogP contribution in [0.15, 0.2) is 0 Å². The fourth-order valence-electron chi connectivity index (χ4n) is 2.22. The minimum absolute atomic E-state index is 0.0379. The average molecular weight is 295 g/mol. The molecule has 0 amide bonds. The van der Waals surface area contributed by atoms with E-state index in [1.54, 1.807) is 0 Å². The van der Waals surface area contributed by atoms with Crippen LogP contribution in [-0.4, -0.2) is 33.1 Å². The maximum Gasteiger partial charge on any atom is 0.329 e. The molecule has 0 aromatic heterocycles. The topological polar surface area (TPSA) is 121 Å². The second kappa shape index (κ2) is 9.48. The van der Waals surface area contributed by atoms with Gasteiger partial charge in [-0.15, -0.1) is 0 Å². The molecule has 6 nitrogen and oxygen atoms in total. The van der Waals surface area contributed by atoms with Crippen molar-refractivity contribution in [1.82, 2.24) is 0 Å². The largest absolute Gasteiger partial charge is 0.481 e. The average Bonchev–Trinajstić information content (AvgIpc) is 2.30. The predicted molar refractivity (Wildman–Crippen MR) is 74.0 cm³/mol. The molecule has 0 saturated carbocycles. The van der Waals surface area contributed by atoms with Crippen LogP contribution in [0.4, 0.5) is 0 Å². The van der Waals surface area contributed by atoms with Gasteiger partial charge in [-0.25, -0.2) is 0 Å². The molecule has 0 rings (SSSR count). The Bertz CT molecular complexity index is 304. The molecule has 0 saturated heterocycles. The summed E-state index contributed by atoms with van der Waals surface area (Å²) in [5, 5.41) is 9.15. The van der Waals surface area contributed by atoms with Gasteiger partial charge in [0.25, 0.3) is 0 Å². The SMILES string of the molecule is CCCCCCCC(C(=O)O)C(CCN)P(=O)(O)O. The van der Waals surface area contributed by atoms with Crippen LogP contribution in [0, 0.1) is 5.92 Å². The lowest BCUT2D eigenvalue weighted by atomic mass is 9.95. The molecule has 0 bridgehead atoms. The summed E-state index contributed by atoms with van der Waals surface area (Å²) in [5.74, 6) is -2.15. The van der Waals surface area contributed by atoms with Crippen LogP contribution < -0.4 is 5.73 Å². The van der Waals surface area contributed by atoms with Crippen molar-refractivity contribution in [1.29, 1.82) is 0 Å². The fraction of sp³-hybridized carbons (Fsp3) is 0.917. The molecule has 0 spiro atoms. The Hall–Kier alpha value is -0.420. The zero-order valence-electron chi connectivity index (χ0n) is 11.5. The van der Waals surface area contributed by atoms with Gasteiger partial charge in [0.05, 0.1) is 11.6 Å². The number of hydrogen-bond acceptors (Lipinski definition) is 3. The van der Waals surface area contributed by atoms with Crippen molar-refractivity contribution in [3.8, 4) is 0 Å². The number of hydrogen-bond donors (Lipinski definition) is 4. The summed E-state index contributed by atoms with van der Waals surface area (Å²) in [4.78, 5) is 29.7. The molecule has 0 aliphatic heterocycles. The zero-order valence-corrected chi connectivity index (χ0v) is 12.4. The van der Waals surface area contributed by atoms with Gasteiger partial charge in [0.2, 0.25) is 0 Å². The number of carbonyl (C=O) groups is 1. The molecule has 0 aromatic rings. The van der Waals surface area contributed by atoms with E-state index in [1.165, 1.54) is 0 Å². The molecular weight excluding hydrogens is 269 g/mol. The van der Waals surface area contributed by atoms with Crippen molar-refractivity contribution in [3.63, 3.8) is 0 Å². The highest BCUT2D eigenvalue weighted by atomic mass is 31.2. The van der Waals surface area contributed by atoms with E-state index in [4.69, 9.17) is 10.8 Å². The van der Waals surface area contributed by atoms with E-state index < -0.39 is 25.1 Å². The van der Waals surface area contributed by atoms with Crippen LogP contribution in [0.1, 0.15) is 51.9 Å². The van der Waals surface area contributed by atoms with Gasteiger partial charge in [0.15, 0.2) is 0 Å². The molecule has 0 aliphatic carbocycles. The van der Waals surface area contributed by atoms with Gasteiger partial charge in [-0.1, -0.05) is 39.0 Å². The van der Waals surface area contributed by atoms with Crippen molar-refractivity contribution in [3.05, 3.63) is 0 Å². The number of carboxylic acids is 1. The molecule has 19 heavy (non-hydrogen) atoms. The molecule has 2 unspecified atom stereocenters. The van der Waals surface area contributed by atoms with Crippen LogP contribution in [0.3, 0.4) is 0 Å². The fourth-order valence-corrected chi connectivity index (χ4v) is 3.45. The van der Waals surface area contributed by atoms with Gasteiger partial charge in [-0.05, 0) is 19.4 Å². The third-order valence-corrected chi connectivity index (χ3v) is 4.78. The highest BCUT2D eigenvalue weighted by Crippen LogP contribution is 2.47. The first-order chi connectivity index (χ1) is 8.84. The standard InChI is InChI=1S/C12H26NO5P/c1-2-3-4-5-6-7-10(12(14)15)11(8-9-13)19(16,17)18/h10-11H,2-9,13H2,1H3,(H,14,15)(H2,16,17,18). The molecule has 5 N–H and O–H groups in total. The van der Waals surface area contributed by atoms with E-state index in [9.17, 15) is 19.1 Å². The minimum Gasteiger partial charge on any atom is -0.481 e. The van der Waals surface area contributed by atoms with Gasteiger partial charge in [0.1, 0.15) is 0 Å². The Morgan fingerprint density at radius 1 is 1.16 bits per heavy atom. The first kappa shape index (κ1) is 18.6. The lowest BCUT2D eigenvalue weighted by Crippen LogP contribution is -2.30. The van der Waals surface area contributed by atoms with E-state index in [0.29, 0.717) is 12.8 Å². The zero-order chi connectivity index (χ0) is 14.9. The number of aliphatic carboxylic acids is 1. The molecule has 7 heteroatoms. The molecular formula is C12H26NO5P. The quantitative estimate of drug-likeness (QED) is 0.341. The predicted octanol–water partition coefficient (Wildman–Crippen LogP) is 1.94. The molecule has 114 valence electrons. The van der Waals surface area contributed by atoms with Crippen molar-refractivity contribution < 1.29 is 24.3 Å². The number of carboxylic acid groups (broad SMARTS) is 1. The van der Waals surface area contributed by atoms with Crippen LogP contribution in [0.25, 0.3) is 0 Å². The molecule has 2 atom stereocenters. The highest BCUT2D eigenvalue weighted by molar-refractivity contribution is 7.52. The summed E-state index contributed by atoms with van der Waals surface area (Å²) in [5.41, 5.74) is 4.16. The number of rotatable bonds is 11. The molecule has 0 radical (unpaired) electrons. The first-order valence-corrected chi connectivity index (χ1v) is 8.50. The van der Waals surface area contributed by atoms with E-state index in [-0.39, 0.29) is 13.0 Å². The number of nitrogens with two attached hydrogens (primary N) is 1. The van der Waals surface area contributed by atoms with Gasteiger partial charge in [-0.2, -0.15) is 0 Å². The Morgan fingerprint density at radius 2 is 1.74 bits per heavy atom. The summed E-state index contributed by atoms with van der Waals surface area (Å²) < 4.78 is 11.4.